The molecule has 2 rings (SSSR count). The molecule has 1 aromatic carbocycles. The van der Waals surface area contributed by atoms with Crippen molar-refractivity contribution in [3.05, 3.63) is 51.5 Å². The van der Waals surface area contributed by atoms with E-state index in [1.165, 1.54) is 29.0 Å². The molecule has 116 valence electrons. The van der Waals surface area contributed by atoms with E-state index in [-0.39, 0.29) is 16.8 Å². The van der Waals surface area contributed by atoms with Crippen LogP contribution in [0.2, 0.25) is 0 Å². The zero-order valence-corrected chi connectivity index (χ0v) is 13.8. The predicted octanol–water partition coefficient (Wildman–Crippen LogP) is 3.39. The van der Waals surface area contributed by atoms with Crippen molar-refractivity contribution in [2.24, 2.45) is 0 Å². The van der Waals surface area contributed by atoms with E-state index in [0.717, 1.165) is 11.3 Å². The summed E-state index contributed by atoms with van der Waals surface area (Å²) in [5.41, 5.74) is 6.96. The normalized spacial score (nSPS) is 10.1. The Morgan fingerprint density at radius 2 is 1.95 bits per heavy atom. The van der Waals surface area contributed by atoms with Crippen molar-refractivity contribution in [1.29, 1.82) is 0 Å². The van der Waals surface area contributed by atoms with E-state index in [4.69, 9.17) is 12.2 Å². The lowest BCUT2D eigenvalue weighted by atomic mass is 10.2. The summed E-state index contributed by atoms with van der Waals surface area (Å²) in [6.45, 7) is 4.05. The number of nitrogens with one attached hydrogen (secondary N) is 3. The topological polar surface area (TPSA) is 53.2 Å². The van der Waals surface area contributed by atoms with Gasteiger partial charge in [0.25, 0.3) is 5.91 Å². The van der Waals surface area contributed by atoms with Gasteiger partial charge in [-0.3, -0.25) is 15.6 Å². The lowest BCUT2D eigenvalue weighted by Crippen LogP contribution is -2.43. The minimum atomic E-state index is -0.322. The second-order valence-electron chi connectivity index (χ2n) is 4.59. The SMILES string of the molecule is CCc1cc(C(=O)NNC(=S)Nc2ccc(F)cc2)sc1C. The fraction of sp³-hybridized carbons (Fsp3) is 0.200. The second-order valence-corrected chi connectivity index (χ2v) is 6.25. The molecule has 0 bridgehead atoms. The van der Waals surface area contributed by atoms with E-state index in [2.05, 4.69) is 23.1 Å². The summed E-state index contributed by atoms with van der Waals surface area (Å²) in [6, 6.07) is 7.64. The predicted molar refractivity (Wildman–Crippen MR) is 91.7 cm³/mol. The molecule has 0 aliphatic carbocycles. The average Bonchev–Trinajstić information content (AvgIpc) is 2.88. The maximum Gasteiger partial charge on any atom is 0.279 e. The van der Waals surface area contributed by atoms with Crippen molar-refractivity contribution in [2.75, 3.05) is 5.32 Å². The van der Waals surface area contributed by atoms with Gasteiger partial charge in [-0.05, 0) is 61.5 Å². The Labute approximate surface area is 137 Å². The highest BCUT2D eigenvalue weighted by atomic mass is 32.1. The van der Waals surface area contributed by atoms with E-state index in [9.17, 15) is 9.18 Å². The first-order valence-electron chi connectivity index (χ1n) is 6.71. The number of hydrogen-bond donors (Lipinski definition) is 3. The van der Waals surface area contributed by atoms with Gasteiger partial charge in [0.15, 0.2) is 5.11 Å². The Morgan fingerprint density at radius 1 is 1.27 bits per heavy atom. The molecule has 0 aliphatic rings. The van der Waals surface area contributed by atoms with E-state index < -0.39 is 0 Å². The van der Waals surface area contributed by atoms with Crippen molar-refractivity contribution in [2.45, 2.75) is 20.3 Å². The van der Waals surface area contributed by atoms with Gasteiger partial charge in [0.1, 0.15) is 5.82 Å². The molecule has 0 atom stereocenters. The summed E-state index contributed by atoms with van der Waals surface area (Å²) in [4.78, 5) is 13.8. The molecule has 0 fully saturated rings. The molecule has 2 aromatic rings. The fourth-order valence-corrected chi connectivity index (χ4v) is 3.03. The maximum absolute atomic E-state index is 12.8. The summed E-state index contributed by atoms with van der Waals surface area (Å²) in [5, 5.41) is 3.07. The molecule has 0 spiro atoms. The van der Waals surface area contributed by atoms with Gasteiger partial charge >= 0.3 is 0 Å². The summed E-state index contributed by atoms with van der Waals surface area (Å²) >= 11 is 6.51. The van der Waals surface area contributed by atoms with Gasteiger partial charge in [-0.15, -0.1) is 11.3 Å². The van der Waals surface area contributed by atoms with E-state index >= 15 is 0 Å². The molecule has 22 heavy (non-hydrogen) atoms. The third-order valence-corrected chi connectivity index (χ3v) is 4.31. The third-order valence-electron chi connectivity index (χ3n) is 3.02. The first-order chi connectivity index (χ1) is 10.5. The minimum Gasteiger partial charge on any atom is -0.331 e. The summed E-state index contributed by atoms with van der Waals surface area (Å²) in [6.07, 6.45) is 0.896. The number of hydrazine groups is 1. The number of hydrogen-bond acceptors (Lipinski definition) is 3. The van der Waals surface area contributed by atoms with E-state index in [1.54, 1.807) is 12.1 Å². The van der Waals surface area contributed by atoms with Crippen LogP contribution in [-0.2, 0) is 6.42 Å². The van der Waals surface area contributed by atoms with E-state index in [0.29, 0.717) is 10.6 Å². The van der Waals surface area contributed by atoms with Gasteiger partial charge in [0.2, 0.25) is 0 Å². The van der Waals surface area contributed by atoms with E-state index in [1.807, 2.05) is 13.0 Å². The molecule has 0 radical (unpaired) electrons. The van der Waals surface area contributed by atoms with Crippen LogP contribution < -0.4 is 16.2 Å². The van der Waals surface area contributed by atoms with Crippen LogP contribution in [0.1, 0.15) is 27.0 Å². The zero-order chi connectivity index (χ0) is 16.1. The van der Waals surface area contributed by atoms with Crippen LogP contribution in [0.15, 0.2) is 30.3 Å². The number of aryl methyl sites for hydroxylation is 2. The number of carbonyl (C=O) groups is 1. The van der Waals surface area contributed by atoms with Crippen molar-refractivity contribution in [1.82, 2.24) is 10.9 Å². The summed E-state index contributed by atoms with van der Waals surface area (Å²) in [7, 11) is 0. The van der Waals surface area contributed by atoms with Gasteiger partial charge < -0.3 is 5.32 Å². The molecular weight excluding hydrogens is 321 g/mol. The summed E-state index contributed by atoms with van der Waals surface area (Å²) < 4.78 is 12.8. The maximum atomic E-state index is 12.8. The second kappa shape index (κ2) is 7.33. The van der Waals surface area contributed by atoms with Gasteiger partial charge in [0, 0.05) is 10.6 Å². The molecule has 0 unspecified atom stereocenters. The molecular formula is C15H16FN3OS2. The van der Waals surface area contributed by atoms with Crippen LogP contribution in [0.3, 0.4) is 0 Å². The highest BCUT2D eigenvalue weighted by Crippen LogP contribution is 2.21. The molecule has 1 heterocycles. The van der Waals surface area contributed by atoms with Gasteiger partial charge in [-0.1, -0.05) is 6.92 Å². The molecule has 7 heteroatoms. The molecule has 0 aliphatic heterocycles. The van der Waals surface area contributed by atoms with Crippen molar-refractivity contribution in [3.63, 3.8) is 0 Å². The largest absolute Gasteiger partial charge is 0.331 e. The van der Waals surface area contributed by atoms with Crippen LogP contribution in [-0.4, -0.2) is 11.0 Å². The number of benzene rings is 1. The van der Waals surface area contributed by atoms with Crippen LogP contribution in [0.25, 0.3) is 0 Å². The van der Waals surface area contributed by atoms with Crippen molar-refractivity contribution < 1.29 is 9.18 Å². The zero-order valence-electron chi connectivity index (χ0n) is 12.2. The van der Waals surface area contributed by atoms with Crippen LogP contribution >= 0.6 is 23.6 Å². The van der Waals surface area contributed by atoms with Crippen LogP contribution in [0.5, 0.6) is 0 Å². The van der Waals surface area contributed by atoms with Gasteiger partial charge in [0.05, 0.1) is 4.88 Å². The van der Waals surface area contributed by atoms with Crippen molar-refractivity contribution in [3.8, 4) is 0 Å². The van der Waals surface area contributed by atoms with Gasteiger partial charge in [-0.2, -0.15) is 0 Å². The van der Waals surface area contributed by atoms with Crippen molar-refractivity contribution >= 4 is 40.3 Å². The number of anilines is 1. The Bertz CT molecular complexity index is 683. The monoisotopic (exact) mass is 337 g/mol. The number of carbonyl (C=O) groups excluding carboxylic acids is 1. The highest BCUT2D eigenvalue weighted by molar-refractivity contribution is 7.80. The highest BCUT2D eigenvalue weighted by Gasteiger charge is 2.11. The lowest BCUT2D eigenvalue weighted by Gasteiger charge is -2.10. The first kappa shape index (κ1) is 16.4. The number of thiophene rings is 1. The molecule has 0 saturated carbocycles. The quantitative estimate of drug-likeness (QED) is 0.594. The minimum absolute atomic E-state index is 0.226. The number of rotatable bonds is 3. The third kappa shape index (κ3) is 4.25. The standard InChI is InChI=1S/C15H16FN3OS2/c1-3-10-8-13(22-9(10)2)14(20)18-19-15(21)17-12-6-4-11(16)5-7-12/h4-8H,3H2,1-2H3,(H,18,20)(H2,17,19,21). The summed E-state index contributed by atoms with van der Waals surface area (Å²) in [5.74, 6) is -0.561. The number of halogens is 1. The Balaban J connectivity index is 1.87. The Kier molecular flexibility index (Phi) is 5.46. The van der Waals surface area contributed by atoms with Gasteiger partial charge in [-0.25, -0.2) is 4.39 Å². The molecule has 4 nitrogen and oxygen atoms in total. The lowest BCUT2D eigenvalue weighted by molar-refractivity contribution is 0.0948. The molecule has 1 aromatic heterocycles. The average molecular weight is 337 g/mol. The Hall–Kier alpha value is -1.99. The smallest absolute Gasteiger partial charge is 0.279 e. The van der Waals surface area contributed by atoms with Crippen LogP contribution in [0.4, 0.5) is 10.1 Å². The molecule has 1 amide bonds. The van der Waals surface area contributed by atoms with Crippen LogP contribution in [0, 0.1) is 12.7 Å². The molecule has 0 saturated heterocycles. The fourth-order valence-electron chi connectivity index (χ4n) is 1.85. The first-order valence-corrected chi connectivity index (χ1v) is 7.94. The number of amides is 1. The molecule has 3 N–H and O–H groups in total. The number of thiocarbonyl (C=S) groups is 1. The Morgan fingerprint density at radius 3 is 2.55 bits per heavy atom.